The van der Waals surface area contributed by atoms with Gasteiger partial charge in [0, 0.05) is 30.9 Å². The Bertz CT molecular complexity index is 235. The van der Waals surface area contributed by atoms with Gasteiger partial charge in [0.2, 0.25) is 5.91 Å². The Morgan fingerprint density at radius 2 is 2.20 bits per heavy atom. The van der Waals surface area contributed by atoms with Crippen molar-refractivity contribution in [3.05, 3.63) is 0 Å². The van der Waals surface area contributed by atoms with Crippen molar-refractivity contribution in [2.45, 2.75) is 44.2 Å². The average Bonchev–Trinajstić information content (AvgIpc) is 2.62. The quantitative estimate of drug-likeness (QED) is 0.743. The molecule has 0 aromatic rings. The molecule has 2 aliphatic heterocycles. The Morgan fingerprint density at radius 3 is 3.00 bits per heavy atom. The third-order valence-electron chi connectivity index (χ3n) is 3.52. The molecule has 0 bridgehead atoms. The summed E-state index contributed by atoms with van der Waals surface area (Å²) in [4.78, 5) is 14.0. The molecule has 0 radical (unpaired) electrons. The molecule has 0 saturated carbocycles. The van der Waals surface area contributed by atoms with E-state index in [9.17, 15) is 4.79 Å². The minimum absolute atomic E-state index is 0.113. The number of nitrogens with one attached hydrogen (secondary N) is 1. The van der Waals surface area contributed by atoms with Crippen LogP contribution in [0.4, 0.5) is 0 Å². The molecule has 15 heavy (non-hydrogen) atoms. The number of hydrogen-bond acceptors (Lipinski definition) is 2. The van der Waals surface area contributed by atoms with Gasteiger partial charge in [-0.3, -0.25) is 9.69 Å². The minimum atomic E-state index is 0.113. The van der Waals surface area contributed by atoms with Crippen LogP contribution in [0.15, 0.2) is 0 Å². The first kappa shape index (κ1) is 11.2. The first-order valence-electron chi connectivity index (χ1n) is 5.90. The molecule has 0 spiro atoms. The van der Waals surface area contributed by atoms with Crippen molar-refractivity contribution >= 4 is 17.5 Å². The van der Waals surface area contributed by atoms with Gasteiger partial charge >= 0.3 is 0 Å². The Morgan fingerprint density at radius 1 is 1.33 bits per heavy atom. The highest BCUT2D eigenvalue weighted by molar-refractivity contribution is 6.18. The SMILES string of the molecule is O=C(CCCl)NC1CCN2CCCCC12. The van der Waals surface area contributed by atoms with Crippen LogP contribution < -0.4 is 5.32 Å². The van der Waals surface area contributed by atoms with Gasteiger partial charge < -0.3 is 5.32 Å². The Labute approximate surface area is 96.2 Å². The lowest BCUT2D eigenvalue weighted by molar-refractivity contribution is -0.121. The van der Waals surface area contributed by atoms with Crippen molar-refractivity contribution in [3.63, 3.8) is 0 Å². The van der Waals surface area contributed by atoms with E-state index in [1.54, 1.807) is 0 Å². The Kier molecular flexibility index (Phi) is 3.87. The number of fused-ring (bicyclic) bond motifs is 1. The second-order valence-electron chi connectivity index (χ2n) is 4.50. The molecular formula is C11H19ClN2O. The number of rotatable bonds is 3. The maximum absolute atomic E-state index is 11.5. The third-order valence-corrected chi connectivity index (χ3v) is 3.71. The monoisotopic (exact) mass is 230 g/mol. The highest BCUT2D eigenvalue weighted by Gasteiger charge is 2.35. The number of amides is 1. The zero-order chi connectivity index (χ0) is 10.7. The molecule has 0 aromatic heterocycles. The maximum atomic E-state index is 11.5. The number of hydrogen-bond donors (Lipinski definition) is 1. The number of carbonyl (C=O) groups excluding carboxylic acids is 1. The molecule has 2 rings (SSSR count). The summed E-state index contributed by atoms with van der Waals surface area (Å²) in [5.74, 6) is 0.537. The van der Waals surface area contributed by atoms with Crippen LogP contribution in [0.2, 0.25) is 0 Å². The zero-order valence-electron chi connectivity index (χ0n) is 9.04. The van der Waals surface area contributed by atoms with Gasteiger partial charge in [-0.2, -0.15) is 0 Å². The highest BCUT2D eigenvalue weighted by Crippen LogP contribution is 2.27. The number of piperidine rings is 1. The molecule has 1 N–H and O–H groups in total. The third kappa shape index (κ3) is 2.64. The second-order valence-corrected chi connectivity index (χ2v) is 4.88. The van der Waals surface area contributed by atoms with Crippen molar-refractivity contribution < 1.29 is 4.79 Å². The molecule has 4 heteroatoms. The summed E-state index contributed by atoms with van der Waals surface area (Å²) >= 11 is 5.55. The largest absolute Gasteiger partial charge is 0.352 e. The summed E-state index contributed by atoms with van der Waals surface area (Å²) in [5.41, 5.74) is 0. The molecule has 2 atom stereocenters. The summed E-state index contributed by atoms with van der Waals surface area (Å²) in [6.45, 7) is 2.36. The van der Waals surface area contributed by atoms with Crippen LogP contribution in [0.25, 0.3) is 0 Å². The van der Waals surface area contributed by atoms with E-state index < -0.39 is 0 Å². The van der Waals surface area contributed by atoms with Crippen LogP contribution in [-0.2, 0) is 4.79 Å². The van der Waals surface area contributed by atoms with Crippen LogP contribution in [0.3, 0.4) is 0 Å². The minimum Gasteiger partial charge on any atom is -0.352 e. The van der Waals surface area contributed by atoms with Crippen molar-refractivity contribution in [3.8, 4) is 0 Å². The van der Waals surface area contributed by atoms with Crippen molar-refractivity contribution in [2.24, 2.45) is 0 Å². The number of halogens is 1. The van der Waals surface area contributed by atoms with Gasteiger partial charge in [0.25, 0.3) is 0 Å². The molecule has 2 saturated heterocycles. The van der Waals surface area contributed by atoms with E-state index in [1.165, 1.54) is 25.8 Å². The topological polar surface area (TPSA) is 32.3 Å². The van der Waals surface area contributed by atoms with Crippen molar-refractivity contribution in [1.82, 2.24) is 10.2 Å². The molecular weight excluding hydrogens is 212 g/mol. The van der Waals surface area contributed by atoms with Crippen molar-refractivity contribution in [2.75, 3.05) is 19.0 Å². The molecule has 2 unspecified atom stereocenters. The summed E-state index contributed by atoms with van der Waals surface area (Å²) in [6, 6.07) is 0.971. The van der Waals surface area contributed by atoms with E-state index in [0.717, 1.165) is 13.0 Å². The smallest absolute Gasteiger partial charge is 0.221 e. The molecule has 1 amide bonds. The number of carbonyl (C=O) groups is 1. The summed E-state index contributed by atoms with van der Waals surface area (Å²) in [6.07, 6.45) is 5.43. The molecule has 2 heterocycles. The van der Waals surface area contributed by atoms with E-state index in [-0.39, 0.29) is 5.91 Å². The van der Waals surface area contributed by atoms with Crippen LogP contribution in [0, 0.1) is 0 Å². The molecule has 0 aromatic carbocycles. The standard InChI is InChI=1S/C11H19ClN2O/c12-6-4-11(15)13-9-5-8-14-7-2-1-3-10(9)14/h9-10H,1-8H2,(H,13,15). The van der Waals surface area contributed by atoms with Gasteiger partial charge in [0.05, 0.1) is 0 Å². The normalized spacial score (nSPS) is 31.3. The Hall–Kier alpha value is -0.280. The van der Waals surface area contributed by atoms with E-state index >= 15 is 0 Å². The summed E-state index contributed by atoms with van der Waals surface area (Å²) in [5, 5.41) is 3.11. The van der Waals surface area contributed by atoms with Gasteiger partial charge in [-0.05, 0) is 25.8 Å². The number of alkyl halides is 1. The first-order chi connectivity index (χ1) is 7.31. The van der Waals surface area contributed by atoms with E-state index in [2.05, 4.69) is 10.2 Å². The molecule has 3 nitrogen and oxygen atoms in total. The fourth-order valence-corrected chi connectivity index (χ4v) is 2.95. The van der Waals surface area contributed by atoms with Crippen molar-refractivity contribution in [1.29, 1.82) is 0 Å². The van der Waals surface area contributed by atoms with E-state index in [1.807, 2.05) is 0 Å². The highest BCUT2D eigenvalue weighted by atomic mass is 35.5. The van der Waals surface area contributed by atoms with Crippen LogP contribution in [0.1, 0.15) is 32.1 Å². The number of nitrogens with zero attached hydrogens (tertiary/aromatic N) is 1. The van der Waals surface area contributed by atoms with Gasteiger partial charge in [0.15, 0.2) is 0 Å². The van der Waals surface area contributed by atoms with Gasteiger partial charge in [0.1, 0.15) is 0 Å². The maximum Gasteiger partial charge on any atom is 0.221 e. The Balaban J connectivity index is 1.85. The molecule has 2 aliphatic rings. The van der Waals surface area contributed by atoms with E-state index in [0.29, 0.717) is 24.4 Å². The van der Waals surface area contributed by atoms with Gasteiger partial charge in [-0.25, -0.2) is 0 Å². The fraction of sp³-hybridized carbons (Fsp3) is 0.909. The van der Waals surface area contributed by atoms with Gasteiger partial charge in [-0.15, -0.1) is 11.6 Å². The fourth-order valence-electron chi connectivity index (χ4n) is 2.78. The lowest BCUT2D eigenvalue weighted by Crippen LogP contribution is -2.46. The molecule has 86 valence electrons. The van der Waals surface area contributed by atoms with Gasteiger partial charge in [-0.1, -0.05) is 6.42 Å². The summed E-state index contributed by atoms with van der Waals surface area (Å²) < 4.78 is 0. The predicted molar refractivity (Wildman–Crippen MR) is 61.1 cm³/mol. The second kappa shape index (κ2) is 5.17. The lowest BCUT2D eigenvalue weighted by atomic mass is 9.99. The zero-order valence-corrected chi connectivity index (χ0v) is 9.80. The van der Waals surface area contributed by atoms with Crippen LogP contribution >= 0.6 is 11.6 Å². The van der Waals surface area contributed by atoms with E-state index in [4.69, 9.17) is 11.6 Å². The summed E-state index contributed by atoms with van der Waals surface area (Å²) in [7, 11) is 0. The average molecular weight is 231 g/mol. The van der Waals surface area contributed by atoms with Crippen LogP contribution in [0.5, 0.6) is 0 Å². The predicted octanol–water partition coefficient (Wildman–Crippen LogP) is 1.36. The van der Waals surface area contributed by atoms with Crippen LogP contribution in [-0.4, -0.2) is 41.9 Å². The molecule has 2 fully saturated rings. The first-order valence-corrected chi connectivity index (χ1v) is 6.44. The molecule has 0 aliphatic carbocycles. The lowest BCUT2D eigenvalue weighted by Gasteiger charge is -2.32.